The maximum Gasteiger partial charge on any atom is 0.354 e. The highest BCUT2D eigenvalue weighted by Gasteiger charge is 2.34. The molecular weight excluding hydrogens is 423 g/mol. The lowest BCUT2D eigenvalue weighted by molar-refractivity contribution is 0.0577. The Balaban J connectivity index is 1.97. The number of ether oxygens (including phenoxy) is 1. The molecule has 0 aliphatic heterocycles. The summed E-state index contributed by atoms with van der Waals surface area (Å²) in [5, 5.41) is 0. The summed E-state index contributed by atoms with van der Waals surface area (Å²) in [5.41, 5.74) is 2.31. The van der Waals surface area contributed by atoms with Gasteiger partial charge in [-0.25, -0.2) is 9.18 Å². The third-order valence-electron chi connectivity index (χ3n) is 6.93. The molecule has 2 aromatic rings. The largest absolute Gasteiger partial charge is 0.464 e. The van der Waals surface area contributed by atoms with E-state index in [9.17, 15) is 18.8 Å². The molecule has 0 radical (unpaired) electrons. The molecule has 33 heavy (non-hydrogen) atoms. The zero-order chi connectivity index (χ0) is 24.3. The van der Waals surface area contributed by atoms with Crippen molar-refractivity contribution in [2.75, 3.05) is 13.7 Å². The average Bonchev–Trinajstić information content (AvgIpc) is 3.04. The van der Waals surface area contributed by atoms with Crippen LogP contribution in [0.25, 0.3) is 0 Å². The van der Waals surface area contributed by atoms with Gasteiger partial charge in [-0.1, -0.05) is 19.3 Å². The molecule has 0 spiro atoms. The van der Waals surface area contributed by atoms with Gasteiger partial charge in [-0.15, -0.1) is 0 Å². The van der Waals surface area contributed by atoms with Crippen LogP contribution in [0.2, 0.25) is 0 Å². The van der Waals surface area contributed by atoms with Crippen LogP contribution in [0.4, 0.5) is 4.39 Å². The minimum atomic E-state index is -0.741. The van der Waals surface area contributed by atoms with Gasteiger partial charge < -0.3 is 14.2 Å². The van der Waals surface area contributed by atoms with E-state index in [2.05, 4.69) is 0 Å². The minimum absolute atomic E-state index is 0.220. The second kappa shape index (κ2) is 10.3. The number of esters is 1. The summed E-state index contributed by atoms with van der Waals surface area (Å²) in [5.74, 6) is -1.11. The molecule has 6 nitrogen and oxygen atoms in total. The molecule has 1 amide bonds. The van der Waals surface area contributed by atoms with Crippen LogP contribution in [0.3, 0.4) is 0 Å². The molecule has 1 unspecified atom stereocenters. The number of methoxy groups -OCH3 is 1. The molecule has 1 aromatic carbocycles. The fourth-order valence-corrected chi connectivity index (χ4v) is 4.90. The van der Waals surface area contributed by atoms with E-state index in [4.69, 9.17) is 4.74 Å². The Morgan fingerprint density at radius 3 is 2.30 bits per heavy atom. The van der Waals surface area contributed by atoms with Crippen molar-refractivity contribution in [3.63, 3.8) is 0 Å². The van der Waals surface area contributed by atoms with Gasteiger partial charge in [0.15, 0.2) is 5.78 Å². The monoisotopic (exact) mass is 456 g/mol. The topological polar surface area (TPSA) is 68.6 Å². The second-order valence-electron chi connectivity index (χ2n) is 8.99. The molecule has 178 valence electrons. The Morgan fingerprint density at radius 1 is 1.12 bits per heavy atom. The standard InChI is InChI=1S/C26H33FN2O4/c1-16-22(17(2)28(4)23(16)26(32)33-5)24(30)18(3)29(15-19-9-7-6-8-10-19)25(31)20-11-13-21(27)14-12-20/h11-14,18-19H,6-10,15H2,1-5H3. The number of aromatic nitrogens is 1. The van der Waals surface area contributed by atoms with E-state index in [1.54, 1.807) is 37.3 Å². The molecule has 0 N–H and O–H groups in total. The van der Waals surface area contributed by atoms with Crippen LogP contribution >= 0.6 is 0 Å². The number of hydrogen-bond donors (Lipinski definition) is 0. The molecule has 1 heterocycles. The molecule has 1 saturated carbocycles. The van der Waals surface area contributed by atoms with Crippen molar-refractivity contribution < 1.29 is 23.5 Å². The number of ketones is 1. The van der Waals surface area contributed by atoms with Gasteiger partial charge in [0.05, 0.1) is 13.2 Å². The highest BCUT2D eigenvalue weighted by molar-refractivity contribution is 6.07. The Morgan fingerprint density at radius 2 is 1.73 bits per heavy atom. The molecule has 1 atom stereocenters. The lowest BCUT2D eigenvalue weighted by atomic mass is 9.88. The zero-order valence-electron chi connectivity index (χ0n) is 20.1. The van der Waals surface area contributed by atoms with Crippen LogP contribution in [-0.4, -0.2) is 46.8 Å². The molecule has 7 heteroatoms. The summed E-state index contributed by atoms with van der Waals surface area (Å²) in [4.78, 5) is 41.1. The predicted octanol–water partition coefficient (Wildman–Crippen LogP) is 4.86. The van der Waals surface area contributed by atoms with E-state index in [1.165, 1.54) is 37.8 Å². The number of nitrogens with zero attached hydrogens (tertiary/aromatic N) is 2. The summed E-state index contributed by atoms with van der Waals surface area (Å²) in [6, 6.07) is 4.68. The van der Waals surface area contributed by atoms with E-state index < -0.39 is 17.8 Å². The first kappa shape index (κ1) is 24.7. The first-order valence-corrected chi connectivity index (χ1v) is 11.5. The van der Waals surface area contributed by atoms with Crippen molar-refractivity contribution in [3.8, 4) is 0 Å². The van der Waals surface area contributed by atoms with Crippen molar-refractivity contribution in [1.82, 2.24) is 9.47 Å². The number of amides is 1. The van der Waals surface area contributed by atoms with Gasteiger partial charge in [-0.3, -0.25) is 9.59 Å². The Labute approximate surface area is 194 Å². The van der Waals surface area contributed by atoms with Gasteiger partial charge in [0.2, 0.25) is 0 Å². The number of Topliss-reactive ketones (excluding diaryl/α,β-unsaturated/α-hetero) is 1. The van der Waals surface area contributed by atoms with E-state index in [0.29, 0.717) is 40.5 Å². The number of carbonyl (C=O) groups excluding carboxylic acids is 3. The van der Waals surface area contributed by atoms with Crippen LogP contribution in [0.1, 0.15) is 81.5 Å². The highest BCUT2D eigenvalue weighted by Crippen LogP contribution is 2.28. The molecule has 1 aliphatic carbocycles. The van der Waals surface area contributed by atoms with E-state index in [1.807, 2.05) is 0 Å². The van der Waals surface area contributed by atoms with E-state index >= 15 is 0 Å². The quantitative estimate of drug-likeness (QED) is 0.441. The molecule has 0 bridgehead atoms. The van der Waals surface area contributed by atoms with Gasteiger partial charge in [-0.05, 0) is 69.4 Å². The fraction of sp³-hybridized carbons (Fsp3) is 0.500. The van der Waals surface area contributed by atoms with Crippen molar-refractivity contribution in [3.05, 3.63) is 58.2 Å². The lowest BCUT2D eigenvalue weighted by Crippen LogP contribution is -2.46. The summed E-state index contributed by atoms with van der Waals surface area (Å²) >= 11 is 0. The van der Waals surface area contributed by atoms with Crippen molar-refractivity contribution >= 4 is 17.7 Å². The lowest BCUT2D eigenvalue weighted by Gasteiger charge is -2.33. The fourth-order valence-electron chi connectivity index (χ4n) is 4.90. The van der Waals surface area contributed by atoms with E-state index in [0.717, 1.165) is 25.7 Å². The van der Waals surface area contributed by atoms with Crippen LogP contribution in [0, 0.1) is 25.6 Å². The Kier molecular flexibility index (Phi) is 7.72. The summed E-state index contributed by atoms with van der Waals surface area (Å²) < 4.78 is 20.0. The normalized spacial score (nSPS) is 15.2. The molecule has 0 saturated heterocycles. The first-order chi connectivity index (χ1) is 15.7. The molecule has 3 rings (SSSR count). The number of rotatable bonds is 7. The molecular formula is C26H33FN2O4. The number of hydrogen-bond acceptors (Lipinski definition) is 4. The van der Waals surface area contributed by atoms with Crippen molar-refractivity contribution in [2.24, 2.45) is 13.0 Å². The van der Waals surface area contributed by atoms with Gasteiger partial charge in [0, 0.05) is 30.4 Å². The minimum Gasteiger partial charge on any atom is -0.464 e. The average molecular weight is 457 g/mol. The Bertz CT molecular complexity index is 1040. The second-order valence-corrected chi connectivity index (χ2v) is 8.99. The SMILES string of the molecule is COC(=O)c1c(C)c(C(=O)C(C)N(CC2CCCCC2)C(=O)c2ccc(F)cc2)c(C)n1C. The molecule has 1 aliphatic rings. The molecule has 1 fully saturated rings. The predicted molar refractivity (Wildman–Crippen MR) is 124 cm³/mol. The van der Waals surface area contributed by atoms with Crippen LogP contribution < -0.4 is 0 Å². The van der Waals surface area contributed by atoms with Crippen molar-refractivity contribution in [2.45, 2.75) is 58.9 Å². The summed E-state index contributed by atoms with van der Waals surface area (Å²) in [6.45, 7) is 5.72. The Hall–Kier alpha value is -2.96. The zero-order valence-corrected chi connectivity index (χ0v) is 20.1. The highest BCUT2D eigenvalue weighted by atomic mass is 19.1. The van der Waals surface area contributed by atoms with Crippen molar-refractivity contribution in [1.29, 1.82) is 0 Å². The third kappa shape index (κ3) is 5.02. The first-order valence-electron chi connectivity index (χ1n) is 11.5. The van der Waals surface area contributed by atoms with Gasteiger partial charge in [0.1, 0.15) is 11.5 Å². The van der Waals surface area contributed by atoms with Gasteiger partial charge in [-0.2, -0.15) is 0 Å². The van der Waals surface area contributed by atoms with E-state index in [-0.39, 0.29) is 11.7 Å². The number of halogens is 1. The maximum absolute atomic E-state index is 13.7. The van der Waals surface area contributed by atoms with Gasteiger partial charge >= 0.3 is 5.97 Å². The number of carbonyl (C=O) groups is 3. The molecule has 1 aromatic heterocycles. The van der Waals surface area contributed by atoms with Gasteiger partial charge in [0.25, 0.3) is 5.91 Å². The summed E-state index contributed by atoms with van der Waals surface area (Å²) in [6.07, 6.45) is 5.46. The van der Waals surface area contributed by atoms with Crippen LogP contribution in [-0.2, 0) is 11.8 Å². The maximum atomic E-state index is 13.7. The van der Waals surface area contributed by atoms with Crippen LogP contribution in [0.15, 0.2) is 24.3 Å². The third-order valence-corrected chi connectivity index (χ3v) is 6.93. The number of benzene rings is 1. The smallest absolute Gasteiger partial charge is 0.354 e. The van der Waals surface area contributed by atoms with Crippen LogP contribution in [0.5, 0.6) is 0 Å². The summed E-state index contributed by atoms with van der Waals surface area (Å²) in [7, 11) is 3.03.